The molecule has 1 heterocycles. The summed E-state index contributed by atoms with van der Waals surface area (Å²) in [5.74, 6) is 0. The average molecular weight is 255 g/mol. The van der Waals surface area contributed by atoms with E-state index >= 15 is 0 Å². The number of hydrogen-bond acceptors (Lipinski definition) is 2. The molecule has 1 aliphatic heterocycles. The first-order valence-corrected chi connectivity index (χ1v) is 6.48. The van der Waals surface area contributed by atoms with Gasteiger partial charge in [-0.15, -0.1) is 0 Å². The van der Waals surface area contributed by atoms with Crippen LogP contribution in [0.3, 0.4) is 0 Å². The summed E-state index contributed by atoms with van der Waals surface area (Å²) in [4.78, 5) is 13.9. The molecule has 0 aliphatic carbocycles. The van der Waals surface area contributed by atoms with Gasteiger partial charge in [-0.25, -0.2) is 4.79 Å². The summed E-state index contributed by atoms with van der Waals surface area (Å²) >= 11 is 0. The molecule has 1 saturated heterocycles. The molecule has 0 saturated carbocycles. The van der Waals surface area contributed by atoms with Crippen LogP contribution in [0.25, 0.3) is 10.8 Å². The Balaban J connectivity index is 1.82. The third kappa shape index (κ3) is 2.27. The van der Waals surface area contributed by atoms with Gasteiger partial charge in [-0.2, -0.15) is 0 Å². The molecule has 1 fully saturated rings. The van der Waals surface area contributed by atoms with E-state index in [4.69, 9.17) is 0 Å². The molecule has 3 rings (SSSR count). The second kappa shape index (κ2) is 4.90. The minimum Gasteiger partial charge on any atom is -0.322 e. The summed E-state index contributed by atoms with van der Waals surface area (Å²) in [6.07, 6.45) is 0. The van der Waals surface area contributed by atoms with Crippen LogP contribution in [0.5, 0.6) is 0 Å². The van der Waals surface area contributed by atoms with Gasteiger partial charge in [-0.1, -0.05) is 36.4 Å². The highest BCUT2D eigenvalue weighted by Gasteiger charge is 2.25. The van der Waals surface area contributed by atoms with Crippen LogP contribution in [0.15, 0.2) is 42.5 Å². The largest absolute Gasteiger partial charge is 0.322 e. The van der Waals surface area contributed by atoms with E-state index in [1.165, 1.54) is 0 Å². The zero-order valence-corrected chi connectivity index (χ0v) is 10.9. The zero-order valence-electron chi connectivity index (χ0n) is 10.9. The Morgan fingerprint density at radius 3 is 2.68 bits per heavy atom. The Labute approximate surface area is 112 Å². The highest BCUT2D eigenvalue weighted by Crippen LogP contribution is 2.23. The number of nitrogens with one attached hydrogen (secondary N) is 2. The van der Waals surface area contributed by atoms with Crippen molar-refractivity contribution < 1.29 is 4.79 Å². The topological polar surface area (TPSA) is 44.4 Å². The third-order valence-electron chi connectivity index (χ3n) is 3.66. The number of carbonyl (C=O) groups excluding carboxylic acids is 1. The maximum atomic E-state index is 12.2. The second-order valence-corrected chi connectivity index (χ2v) is 4.88. The van der Waals surface area contributed by atoms with Crippen LogP contribution in [-0.4, -0.2) is 37.1 Å². The number of likely N-dealkylation sites (N-methyl/N-ethyl adjacent to an activating group) is 1. The zero-order chi connectivity index (χ0) is 13.2. The van der Waals surface area contributed by atoms with Gasteiger partial charge in [-0.3, -0.25) is 0 Å². The summed E-state index contributed by atoms with van der Waals surface area (Å²) in [7, 11) is 1.84. The van der Waals surface area contributed by atoms with Crippen LogP contribution in [0.4, 0.5) is 10.5 Å². The van der Waals surface area contributed by atoms with Crippen molar-refractivity contribution in [1.29, 1.82) is 0 Å². The SMILES string of the molecule is CN(C(=O)Nc1cccc2ccccc12)C1CNC1. The number of urea groups is 1. The maximum Gasteiger partial charge on any atom is 0.321 e. The van der Waals surface area contributed by atoms with E-state index in [2.05, 4.69) is 10.6 Å². The predicted octanol–water partition coefficient (Wildman–Crippen LogP) is 2.28. The van der Waals surface area contributed by atoms with E-state index in [0.717, 1.165) is 29.5 Å². The van der Waals surface area contributed by atoms with Crippen LogP contribution in [-0.2, 0) is 0 Å². The van der Waals surface area contributed by atoms with Gasteiger partial charge in [0.15, 0.2) is 0 Å². The Bertz CT molecular complexity index is 602. The number of fused-ring (bicyclic) bond motifs is 1. The first-order chi connectivity index (χ1) is 9.25. The van der Waals surface area contributed by atoms with Crippen molar-refractivity contribution in [2.24, 2.45) is 0 Å². The van der Waals surface area contributed by atoms with Crippen LogP contribution in [0.1, 0.15) is 0 Å². The monoisotopic (exact) mass is 255 g/mol. The number of carbonyl (C=O) groups is 1. The summed E-state index contributed by atoms with van der Waals surface area (Å²) in [6, 6.07) is 14.2. The molecule has 4 nitrogen and oxygen atoms in total. The summed E-state index contributed by atoms with van der Waals surface area (Å²) in [6.45, 7) is 1.75. The van der Waals surface area contributed by atoms with E-state index in [1.54, 1.807) is 4.90 Å². The third-order valence-corrected chi connectivity index (χ3v) is 3.66. The second-order valence-electron chi connectivity index (χ2n) is 4.88. The van der Waals surface area contributed by atoms with E-state index in [9.17, 15) is 4.79 Å². The van der Waals surface area contributed by atoms with E-state index in [0.29, 0.717) is 6.04 Å². The Hall–Kier alpha value is -2.07. The lowest BCUT2D eigenvalue weighted by atomic mass is 10.1. The first kappa shape index (κ1) is 12.0. The molecule has 0 atom stereocenters. The summed E-state index contributed by atoms with van der Waals surface area (Å²) in [5.41, 5.74) is 0.863. The van der Waals surface area contributed by atoms with Gasteiger partial charge < -0.3 is 15.5 Å². The van der Waals surface area contributed by atoms with Gasteiger partial charge in [-0.05, 0) is 11.5 Å². The minimum atomic E-state index is -0.0529. The Morgan fingerprint density at radius 2 is 1.95 bits per heavy atom. The number of benzene rings is 2. The van der Waals surface area contributed by atoms with Crippen molar-refractivity contribution in [1.82, 2.24) is 10.2 Å². The highest BCUT2D eigenvalue weighted by atomic mass is 16.2. The fraction of sp³-hybridized carbons (Fsp3) is 0.267. The molecule has 2 aromatic rings. The molecule has 1 aliphatic rings. The summed E-state index contributed by atoms with van der Waals surface area (Å²) < 4.78 is 0. The fourth-order valence-corrected chi connectivity index (χ4v) is 2.25. The van der Waals surface area contributed by atoms with E-state index in [-0.39, 0.29) is 6.03 Å². The quantitative estimate of drug-likeness (QED) is 0.864. The molecular formula is C15H17N3O. The Morgan fingerprint density at radius 1 is 1.21 bits per heavy atom. The molecule has 0 unspecified atom stereocenters. The van der Waals surface area contributed by atoms with Gasteiger partial charge in [0.2, 0.25) is 0 Å². The lowest BCUT2D eigenvalue weighted by Gasteiger charge is -2.35. The van der Waals surface area contributed by atoms with Gasteiger partial charge in [0.1, 0.15) is 0 Å². The molecule has 2 aromatic carbocycles. The van der Waals surface area contributed by atoms with Crippen LogP contribution < -0.4 is 10.6 Å². The van der Waals surface area contributed by atoms with E-state index in [1.807, 2.05) is 49.5 Å². The van der Waals surface area contributed by atoms with Crippen molar-refractivity contribution in [2.75, 3.05) is 25.5 Å². The first-order valence-electron chi connectivity index (χ1n) is 6.48. The van der Waals surface area contributed by atoms with Crippen LogP contribution >= 0.6 is 0 Å². The van der Waals surface area contributed by atoms with Crippen molar-refractivity contribution in [3.05, 3.63) is 42.5 Å². The summed E-state index contributed by atoms with van der Waals surface area (Å²) in [5, 5.41) is 8.36. The minimum absolute atomic E-state index is 0.0529. The van der Waals surface area contributed by atoms with Crippen molar-refractivity contribution in [3.8, 4) is 0 Å². The molecular weight excluding hydrogens is 238 g/mol. The lowest BCUT2D eigenvalue weighted by molar-refractivity contribution is 0.180. The van der Waals surface area contributed by atoms with Gasteiger partial charge >= 0.3 is 6.03 Å². The lowest BCUT2D eigenvalue weighted by Crippen LogP contribution is -2.58. The van der Waals surface area contributed by atoms with Crippen LogP contribution in [0.2, 0.25) is 0 Å². The fourth-order valence-electron chi connectivity index (χ4n) is 2.25. The van der Waals surface area contributed by atoms with Gasteiger partial charge in [0, 0.05) is 25.5 Å². The van der Waals surface area contributed by atoms with E-state index < -0.39 is 0 Å². The van der Waals surface area contributed by atoms with Gasteiger partial charge in [0.05, 0.1) is 11.7 Å². The predicted molar refractivity (Wildman–Crippen MR) is 77.4 cm³/mol. The number of rotatable bonds is 2. The number of amides is 2. The number of anilines is 1. The molecule has 98 valence electrons. The molecule has 0 aromatic heterocycles. The van der Waals surface area contributed by atoms with Crippen molar-refractivity contribution in [3.63, 3.8) is 0 Å². The standard InChI is InChI=1S/C15H17N3O/c1-18(12-9-16-10-12)15(19)17-14-8-4-6-11-5-2-3-7-13(11)14/h2-8,12,16H,9-10H2,1H3,(H,17,19). The number of hydrogen-bond donors (Lipinski definition) is 2. The number of nitrogens with zero attached hydrogens (tertiary/aromatic N) is 1. The van der Waals surface area contributed by atoms with Crippen molar-refractivity contribution >= 4 is 22.5 Å². The molecule has 0 bridgehead atoms. The average Bonchev–Trinajstić information content (AvgIpc) is 2.37. The molecule has 19 heavy (non-hydrogen) atoms. The molecule has 0 spiro atoms. The molecule has 4 heteroatoms. The molecule has 0 radical (unpaired) electrons. The van der Waals surface area contributed by atoms with Gasteiger partial charge in [0.25, 0.3) is 0 Å². The smallest absolute Gasteiger partial charge is 0.321 e. The maximum absolute atomic E-state index is 12.2. The van der Waals surface area contributed by atoms with Crippen molar-refractivity contribution in [2.45, 2.75) is 6.04 Å². The molecule has 2 amide bonds. The van der Waals surface area contributed by atoms with Crippen LogP contribution in [0, 0.1) is 0 Å². The molecule has 2 N–H and O–H groups in total. The normalized spacial score (nSPS) is 15.0. The Kier molecular flexibility index (Phi) is 3.09. The highest BCUT2D eigenvalue weighted by molar-refractivity contribution is 6.01.